The van der Waals surface area contributed by atoms with Gasteiger partial charge in [-0.25, -0.2) is 21.1 Å². The summed E-state index contributed by atoms with van der Waals surface area (Å²) in [6.07, 6.45) is 17.8. The molecule has 0 spiro atoms. The van der Waals surface area contributed by atoms with Gasteiger partial charge in [0.05, 0.1) is 23.1 Å². The molecule has 17 rings (SSSR count). The Morgan fingerprint density at radius 1 is 0.385 bits per heavy atom. The van der Waals surface area contributed by atoms with E-state index in [2.05, 4.69) is 194 Å². The molecular weight excluding hydrogens is 2710 g/mol. The van der Waals surface area contributed by atoms with Gasteiger partial charge in [0, 0.05) is 212 Å². The van der Waals surface area contributed by atoms with E-state index in [1.165, 1.54) is 126 Å². The van der Waals surface area contributed by atoms with Crippen LogP contribution < -0.4 is 0 Å². The second-order valence-electron chi connectivity index (χ2n) is 27.9. The molecule has 17 nitrogen and oxygen atoms in total. The molecule has 8 aromatic carbocycles. The summed E-state index contributed by atoms with van der Waals surface area (Å²) in [6, 6.07) is 111. The summed E-state index contributed by atoms with van der Waals surface area (Å²) in [4.78, 5) is 70.9. The number of fused-ring (bicyclic) bond motifs is 4. The van der Waals surface area contributed by atoms with Crippen molar-refractivity contribution < 1.29 is 160 Å². The van der Waals surface area contributed by atoms with Crippen molar-refractivity contribution in [2.75, 3.05) is 0 Å². The van der Waals surface area contributed by atoms with Crippen molar-refractivity contribution in [3.05, 3.63) is 423 Å². The third-order valence-electron chi connectivity index (χ3n) is 17.1. The number of pyridine rings is 6. The van der Waals surface area contributed by atoms with Crippen LogP contribution in [0.3, 0.4) is 0 Å². The molecule has 9 aromatic heterocycles. The van der Waals surface area contributed by atoms with E-state index < -0.39 is 5.97 Å². The predicted octanol–water partition coefficient (Wildman–Crippen LogP) is 24.9. The van der Waals surface area contributed by atoms with Crippen molar-refractivity contribution in [1.82, 2.24) is 44.0 Å². The minimum absolute atomic E-state index is 0. The van der Waals surface area contributed by atoms with Gasteiger partial charge in [-0.3, -0.25) is 19.4 Å². The zero-order valence-electron chi connectivity index (χ0n) is 73.0. The molecule has 0 saturated heterocycles. The normalized spacial score (nSPS) is 10.1. The Morgan fingerprint density at radius 2 is 0.800 bits per heavy atom. The van der Waals surface area contributed by atoms with Gasteiger partial charge in [-0.05, 0) is 171 Å². The van der Waals surface area contributed by atoms with Crippen LogP contribution in [0.1, 0.15) is 82.6 Å². The number of allylic oxidation sites excluding steroid dienone is 6. The van der Waals surface area contributed by atoms with Crippen LogP contribution in [0.25, 0.3) is 105 Å². The van der Waals surface area contributed by atoms with Crippen LogP contribution in [0.4, 0.5) is 0 Å². The number of aromatic nitrogens is 9. The first-order valence-electron chi connectivity index (χ1n) is 39.6. The Kier molecular flexibility index (Phi) is 55.4. The van der Waals surface area contributed by atoms with Gasteiger partial charge in [-0.1, -0.05) is 134 Å². The number of carboxylic acids is 1. The van der Waals surface area contributed by atoms with Crippen molar-refractivity contribution in [1.29, 1.82) is 0 Å². The number of aromatic carboxylic acids is 1. The predicted molar refractivity (Wildman–Crippen MR) is 500 cm³/mol. The third kappa shape index (κ3) is 39.5. The van der Waals surface area contributed by atoms with E-state index in [-0.39, 0.29) is 161 Å². The summed E-state index contributed by atoms with van der Waals surface area (Å²) < 4.78 is 5.81. The molecule has 0 aliphatic heterocycles. The summed E-state index contributed by atoms with van der Waals surface area (Å²) >= 11 is 1.73. The number of para-hydroxylation sites is 2. The topological polar surface area (TPSA) is 249 Å². The van der Waals surface area contributed by atoms with E-state index in [0.717, 1.165) is 73.5 Å². The van der Waals surface area contributed by atoms with Crippen LogP contribution in [0.2, 0.25) is 0 Å². The maximum Gasteiger partial charge on any atom is 0.354 e. The van der Waals surface area contributed by atoms with Crippen molar-refractivity contribution >= 4 is 66.5 Å². The third-order valence-corrected chi connectivity index (χ3v) is 18.2. The summed E-state index contributed by atoms with van der Waals surface area (Å²) in [5.41, 5.74) is 17.6. The summed E-state index contributed by atoms with van der Waals surface area (Å²) in [5.74, 6) is 0.352. The molecule has 130 heavy (non-hydrogen) atoms. The fourth-order valence-corrected chi connectivity index (χ4v) is 13.0. The molecule has 4 N–H and O–H groups in total. The van der Waals surface area contributed by atoms with Crippen LogP contribution in [0, 0.1) is 63.1 Å². The van der Waals surface area contributed by atoms with Crippen molar-refractivity contribution in [3.8, 4) is 72.7 Å². The summed E-state index contributed by atoms with van der Waals surface area (Å²) in [6.45, 7) is 20.4. The molecule has 0 amide bonds. The number of carbonyl (C=O) groups is 4. The van der Waals surface area contributed by atoms with E-state index in [0.29, 0.717) is 5.92 Å². The fraction of sp³-hybridized carbons (Fsp3) is 0.123. The maximum atomic E-state index is 10.1. The second kappa shape index (κ2) is 62.8. The first kappa shape index (κ1) is 115. The van der Waals surface area contributed by atoms with Gasteiger partial charge < -0.3 is 54.5 Å². The SMILES string of the molecule is CC(=O)C=C(C)O.CC(=O)C=C(C)O.CC(=O)C=C(C)O.CC(C)Cn1c2c[c-]c(-c3ccccn3)cc2c2ccccc21.Cc1cccc(C)c1-n1ccnc1-c1[c-]cccc1.Cc1cccnc1-c1[c-]cccc1.O=C(O)c1ccccn1.[Ir].[Ir].[Ir].[Ir].[Ir].[Ir].[c-]1c(-c2ccccn2)sc2ccccc12.[c-]1ccccc1-c1ccccn1.[c-]1ccccc1-c1ccccn1. The minimum atomic E-state index is -0.990. The number of imidazole rings is 1. The number of hydrogen-bond donors (Lipinski definition) is 4. The standard InChI is InChI=1S/C21H19N2.C17H15N2.C13H8NS.C12H10N.2C11H8N.C6H5NO2.3C5H8O2.6Ir/c1-15(2)14-23-20-9-4-3-7-17(20)18-13-16(10-11-21(18)23)19-8-5-6-12-22-19;1-13-7-6-8-14(2)16(13)19-12-11-18-17(19)15-9-4-3-5-10-15;1-2-7-12-10(5-1)9-13(15-12)11-6-3-4-8-14-11;1-10-6-5-9-13-12(10)11-7-3-2-4-8-11;2*1-2-6-10(7-3-1)11-8-4-5-9-12-11;8-6(9)5-3-1-2-4-7-5;3*1-4(6)3-5(2)7;;;;;;/h3-9,11-13,15H,14H2,1-2H3;3-9,11-12H,1-2H3;1-8H;2-7,9H,1H3;2*1-6,8-9H;1-4H,(H,8,9);3*3,6H,1-2H3;;;;;;/q6*-1;;;;;;;;;;. The largest absolute Gasteiger partial charge is 0.512 e. The van der Waals surface area contributed by atoms with Gasteiger partial charge >= 0.3 is 5.97 Å². The number of benzene rings is 8. The number of aryl methyl sites for hydroxylation is 3. The Morgan fingerprint density at radius 3 is 1.21 bits per heavy atom. The Hall–Kier alpha value is -11.4. The fourth-order valence-electron chi connectivity index (χ4n) is 12.0. The van der Waals surface area contributed by atoms with E-state index in [9.17, 15) is 19.2 Å². The van der Waals surface area contributed by atoms with E-state index in [4.69, 9.17) is 20.4 Å². The molecule has 0 bridgehead atoms. The van der Waals surface area contributed by atoms with E-state index >= 15 is 0 Å². The number of hydrogen-bond acceptors (Lipinski definition) is 15. The molecule has 6 radical (unpaired) electrons. The number of aliphatic hydroxyl groups excluding tert-OH is 3. The maximum absolute atomic E-state index is 10.1. The number of aliphatic hydroxyl groups is 3. The molecule has 0 unspecified atom stereocenters. The number of rotatable bonds is 13. The van der Waals surface area contributed by atoms with Crippen molar-refractivity contribution in [3.63, 3.8) is 0 Å². The number of thiophene rings is 1. The first-order valence-corrected chi connectivity index (χ1v) is 40.4. The minimum Gasteiger partial charge on any atom is -0.512 e. The van der Waals surface area contributed by atoms with Crippen LogP contribution in [0.15, 0.2) is 364 Å². The molecule has 0 fully saturated rings. The molecule has 24 heteroatoms. The summed E-state index contributed by atoms with van der Waals surface area (Å²) in [7, 11) is 0. The van der Waals surface area contributed by atoms with E-state index in [1.807, 2.05) is 213 Å². The molecule has 0 aliphatic rings. The van der Waals surface area contributed by atoms with E-state index in [1.54, 1.807) is 35.9 Å². The molecular formula is C106H97Ir6N9O8S-6. The number of carbonyl (C=O) groups excluding carboxylic acids is 3. The van der Waals surface area contributed by atoms with Crippen LogP contribution in [0.5, 0.6) is 0 Å². The van der Waals surface area contributed by atoms with Crippen LogP contribution in [-0.2, 0) is 142 Å². The summed E-state index contributed by atoms with van der Waals surface area (Å²) in [5, 5.41) is 37.2. The molecule has 680 valence electrons. The Labute approximate surface area is 846 Å². The van der Waals surface area contributed by atoms with Crippen LogP contribution >= 0.6 is 11.3 Å². The van der Waals surface area contributed by atoms with Gasteiger partial charge in [0.25, 0.3) is 0 Å². The second-order valence-corrected chi connectivity index (χ2v) is 29.0. The molecule has 0 atom stereocenters. The molecule has 9 heterocycles. The zero-order valence-corrected chi connectivity index (χ0v) is 88.2. The zero-order chi connectivity index (χ0) is 89.0. The first-order chi connectivity index (χ1) is 59.9. The van der Waals surface area contributed by atoms with Gasteiger partial charge in [0.2, 0.25) is 0 Å². The van der Waals surface area contributed by atoms with Gasteiger partial charge in [-0.2, -0.15) is 0 Å². The molecule has 17 aromatic rings. The number of carboxylic acid groups (broad SMARTS) is 1. The van der Waals surface area contributed by atoms with Crippen molar-refractivity contribution in [2.45, 2.75) is 82.7 Å². The number of nitrogens with zero attached hydrogens (tertiary/aromatic N) is 9. The molecule has 0 aliphatic carbocycles. The Bertz CT molecular complexity index is 5960. The molecule has 0 saturated carbocycles. The smallest absolute Gasteiger partial charge is 0.354 e. The average molecular weight is 2810 g/mol. The van der Waals surface area contributed by atoms with Crippen molar-refractivity contribution in [2.24, 2.45) is 5.92 Å². The number of ketones is 3. The average Bonchev–Trinajstić information content (AvgIpc) is 1.60. The van der Waals surface area contributed by atoms with Gasteiger partial charge in [0.15, 0.2) is 17.3 Å². The van der Waals surface area contributed by atoms with Gasteiger partial charge in [0.1, 0.15) is 5.69 Å². The monoisotopic (exact) mass is 2810 g/mol. The van der Waals surface area contributed by atoms with Crippen LogP contribution in [-0.4, -0.2) is 87.8 Å². The van der Waals surface area contributed by atoms with Gasteiger partial charge in [-0.15, -0.1) is 191 Å². The Balaban J connectivity index is 0.000000498. The quantitative estimate of drug-likeness (QED) is 0.0476.